The minimum Gasteiger partial charge on any atom is -0.471 e. The van der Waals surface area contributed by atoms with Gasteiger partial charge in [-0.2, -0.15) is 0 Å². The fraction of sp³-hybridized carbons (Fsp3) is 0.333. The maximum atomic E-state index is 5.95. The lowest BCUT2D eigenvalue weighted by atomic mass is 10.2. The molecule has 0 saturated carbocycles. The van der Waals surface area contributed by atoms with Crippen LogP contribution in [0, 0.1) is 0 Å². The van der Waals surface area contributed by atoms with Gasteiger partial charge in [-0.3, -0.25) is 4.99 Å². The van der Waals surface area contributed by atoms with Crippen LogP contribution in [-0.4, -0.2) is 44.5 Å². The molecule has 5 nitrogen and oxygen atoms in total. The van der Waals surface area contributed by atoms with Gasteiger partial charge in [-0.15, -0.1) is 0 Å². The van der Waals surface area contributed by atoms with Crippen LogP contribution in [0.25, 0.3) is 0 Å². The van der Waals surface area contributed by atoms with Gasteiger partial charge in [0.2, 0.25) is 5.90 Å². The summed E-state index contributed by atoms with van der Waals surface area (Å²) in [7, 11) is 0. The number of benzene rings is 2. The largest absolute Gasteiger partial charge is 0.471 e. The van der Waals surface area contributed by atoms with Crippen molar-refractivity contribution in [2.45, 2.75) is 19.3 Å². The van der Waals surface area contributed by atoms with Crippen LogP contribution in [0.1, 0.15) is 11.1 Å². The SMILES string of the molecule is C1=NCC(OC(COCc2ccccc2)COCc2ccccc2)=NC1. The predicted octanol–water partition coefficient (Wildman–Crippen LogP) is 3.29. The molecule has 0 amide bonds. The van der Waals surface area contributed by atoms with Crippen LogP contribution >= 0.6 is 0 Å². The highest BCUT2D eigenvalue weighted by molar-refractivity contribution is 5.84. The van der Waals surface area contributed by atoms with Crippen molar-refractivity contribution < 1.29 is 14.2 Å². The molecule has 0 N–H and O–H groups in total. The number of ether oxygens (including phenoxy) is 3. The van der Waals surface area contributed by atoms with E-state index in [-0.39, 0.29) is 6.10 Å². The van der Waals surface area contributed by atoms with E-state index in [2.05, 4.69) is 9.98 Å². The summed E-state index contributed by atoms with van der Waals surface area (Å²) in [5.41, 5.74) is 2.27. The first-order valence-corrected chi connectivity index (χ1v) is 8.82. The highest BCUT2D eigenvalue weighted by Gasteiger charge is 2.15. The van der Waals surface area contributed by atoms with Crippen LogP contribution in [0.5, 0.6) is 0 Å². The Kier molecular flexibility index (Phi) is 7.38. The first-order valence-electron chi connectivity index (χ1n) is 8.82. The molecule has 0 atom stereocenters. The van der Waals surface area contributed by atoms with E-state index in [1.54, 1.807) is 6.21 Å². The Bertz CT molecular complexity index is 656. The molecule has 0 aromatic heterocycles. The molecule has 0 fully saturated rings. The first-order chi connectivity index (χ1) is 12.9. The Morgan fingerprint density at radius 3 is 1.88 bits per heavy atom. The van der Waals surface area contributed by atoms with Gasteiger partial charge < -0.3 is 14.2 Å². The predicted molar refractivity (Wildman–Crippen MR) is 103 cm³/mol. The zero-order valence-electron chi connectivity index (χ0n) is 14.8. The summed E-state index contributed by atoms with van der Waals surface area (Å²) in [5, 5.41) is 0. The van der Waals surface area contributed by atoms with Crippen molar-refractivity contribution in [1.29, 1.82) is 0 Å². The Balaban J connectivity index is 1.48. The first kappa shape index (κ1) is 18.3. The summed E-state index contributed by atoms with van der Waals surface area (Å²) in [6.07, 6.45) is 1.58. The van der Waals surface area contributed by atoms with Crippen molar-refractivity contribution in [3.05, 3.63) is 71.8 Å². The second-order valence-corrected chi connectivity index (χ2v) is 6.00. The molecule has 0 saturated heterocycles. The summed E-state index contributed by atoms with van der Waals surface area (Å²) in [5.74, 6) is 0.643. The van der Waals surface area contributed by atoms with Gasteiger partial charge >= 0.3 is 0 Å². The highest BCUT2D eigenvalue weighted by atomic mass is 16.6. The summed E-state index contributed by atoms with van der Waals surface area (Å²) >= 11 is 0. The molecule has 136 valence electrons. The van der Waals surface area contributed by atoms with Crippen LogP contribution in [0.4, 0.5) is 0 Å². The smallest absolute Gasteiger partial charge is 0.206 e. The Hall–Kier alpha value is -2.50. The van der Waals surface area contributed by atoms with E-state index in [1.807, 2.05) is 60.7 Å². The van der Waals surface area contributed by atoms with Crippen LogP contribution in [0.3, 0.4) is 0 Å². The van der Waals surface area contributed by atoms with Gasteiger partial charge in [0.25, 0.3) is 0 Å². The van der Waals surface area contributed by atoms with E-state index < -0.39 is 0 Å². The molecule has 0 aliphatic carbocycles. The van der Waals surface area contributed by atoms with E-state index in [4.69, 9.17) is 14.2 Å². The molecule has 0 bridgehead atoms. The van der Waals surface area contributed by atoms with E-state index in [1.165, 1.54) is 0 Å². The van der Waals surface area contributed by atoms with Gasteiger partial charge in [-0.1, -0.05) is 60.7 Å². The third kappa shape index (κ3) is 6.43. The molecule has 0 radical (unpaired) electrons. The van der Waals surface area contributed by atoms with Crippen molar-refractivity contribution in [3.8, 4) is 0 Å². The average molecular weight is 352 g/mol. The maximum absolute atomic E-state index is 5.95. The lowest BCUT2D eigenvalue weighted by molar-refractivity contribution is -0.0218. The molecule has 26 heavy (non-hydrogen) atoms. The molecular formula is C21H24N2O3. The highest BCUT2D eigenvalue weighted by Crippen LogP contribution is 2.07. The topological polar surface area (TPSA) is 52.4 Å². The number of aliphatic imine (C=N–C) groups is 2. The molecule has 1 aliphatic heterocycles. The number of hydrogen-bond acceptors (Lipinski definition) is 5. The zero-order chi connectivity index (χ0) is 17.9. The minimum atomic E-state index is -0.213. The van der Waals surface area contributed by atoms with E-state index in [0.29, 0.717) is 45.4 Å². The van der Waals surface area contributed by atoms with Crippen molar-refractivity contribution in [2.24, 2.45) is 9.98 Å². The number of nitrogens with zero attached hydrogens (tertiary/aromatic N) is 2. The number of rotatable bonds is 9. The molecule has 2 aromatic rings. The monoisotopic (exact) mass is 352 g/mol. The molecule has 0 spiro atoms. The van der Waals surface area contributed by atoms with Gasteiger partial charge in [-0.05, 0) is 11.1 Å². The van der Waals surface area contributed by atoms with Crippen molar-refractivity contribution >= 4 is 12.1 Å². The molecule has 1 aliphatic rings. The third-order valence-electron chi connectivity index (χ3n) is 3.84. The van der Waals surface area contributed by atoms with E-state index >= 15 is 0 Å². The average Bonchev–Trinajstić information content (AvgIpc) is 2.70. The molecule has 1 heterocycles. The molecular weight excluding hydrogens is 328 g/mol. The van der Waals surface area contributed by atoms with Crippen molar-refractivity contribution in [2.75, 3.05) is 26.3 Å². The minimum absolute atomic E-state index is 0.213. The lowest BCUT2D eigenvalue weighted by Crippen LogP contribution is -2.30. The van der Waals surface area contributed by atoms with Gasteiger partial charge in [0.05, 0.1) is 33.0 Å². The van der Waals surface area contributed by atoms with Gasteiger partial charge in [-0.25, -0.2) is 4.99 Å². The Morgan fingerprint density at radius 1 is 0.808 bits per heavy atom. The Morgan fingerprint density at radius 2 is 1.38 bits per heavy atom. The fourth-order valence-corrected chi connectivity index (χ4v) is 2.54. The van der Waals surface area contributed by atoms with Crippen LogP contribution < -0.4 is 0 Å². The molecule has 2 aromatic carbocycles. The maximum Gasteiger partial charge on any atom is 0.206 e. The molecule has 0 unspecified atom stereocenters. The normalized spacial score (nSPS) is 13.7. The lowest BCUT2D eigenvalue weighted by Gasteiger charge is -2.20. The van der Waals surface area contributed by atoms with Gasteiger partial charge in [0, 0.05) is 6.21 Å². The van der Waals surface area contributed by atoms with Crippen LogP contribution in [0.15, 0.2) is 70.6 Å². The standard InChI is InChI=1S/C21H24N2O3/c1-3-7-18(8-4-1)14-24-16-20(26-21-13-22-11-12-23-21)17-25-15-19-9-5-2-6-10-19/h1-11,20H,12-17H2. The molecule has 3 rings (SSSR count). The van der Waals surface area contributed by atoms with Crippen LogP contribution in [0.2, 0.25) is 0 Å². The third-order valence-corrected chi connectivity index (χ3v) is 3.84. The number of hydrogen-bond donors (Lipinski definition) is 0. The van der Waals surface area contributed by atoms with E-state index in [0.717, 1.165) is 11.1 Å². The second-order valence-electron chi connectivity index (χ2n) is 6.00. The second kappa shape index (κ2) is 10.5. The van der Waals surface area contributed by atoms with Gasteiger partial charge in [0.15, 0.2) is 0 Å². The quantitative estimate of drug-likeness (QED) is 0.696. The summed E-state index contributed by atoms with van der Waals surface area (Å²) in [6.45, 7) is 3.01. The van der Waals surface area contributed by atoms with Crippen molar-refractivity contribution in [1.82, 2.24) is 0 Å². The summed E-state index contributed by atoms with van der Waals surface area (Å²) in [6, 6.07) is 20.2. The van der Waals surface area contributed by atoms with Gasteiger partial charge in [0.1, 0.15) is 12.6 Å². The zero-order valence-corrected chi connectivity index (χ0v) is 14.8. The fourth-order valence-electron chi connectivity index (χ4n) is 2.54. The van der Waals surface area contributed by atoms with Crippen LogP contribution in [-0.2, 0) is 27.4 Å². The Labute approximate surface area is 154 Å². The molecule has 5 heteroatoms. The summed E-state index contributed by atoms with van der Waals surface area (Å²) < 4.78 is 17.6. The van der Waals surface area contributed by atoms with Crippen molar-refractivity contribution in [3.63, 3.8) is 0 Å². The summed E-state index contributed by atoms with van der Waals surface area (Å²) in [4.78, 5) is 8.54. The van der Waals surface area contributed by atoms with E-state index in [9.17, 15) is 0 Å².